The SMILES string of the molecule is Cn1cccc1C(=O)N[C@H]1C[C@@H](C(=O)[O-])N(C(=O)CCCC(=O)N2C[C@@H](NC(=O)c3cccs3)C[C@H]2C(=O)[O-])C1. The van der Waals surface area contributed by atoms with Crippen LogP contribution in [0.3, 0.4) is 0 Å². The van der Waals surface area contributed by atoms with E-state index in [2.05, 4.69) is 10.6 Å². The van der Waals surface area contributed by atoms with Gasteiger partial charge in [-0.25, -0.2) is 0 Å². The highest BCUT2D eigenvalue weighted by molar-refractivity contribution is 7.12. The Kier molecular flexibility index (Phi) is 8.87. The van der Waals surface area contributed by atoms with Crippen molar-refractivity contribution >= 4 is 46.9 Å². The lowest BCUT2D eigenvalue weighted by molar-refractivity contribution is -0.311. The summed E-state index contributed by atoms with van der Waals surface area (Å²) in [6.45, 7) is -0.0317. The molecule has 13 nitrogen and oxygen atoms in total. The lowest BCUT2D eigenvalue weighted by atomic mass is 10.1. The van der Waals surface area contributed by atoms with Crippen LogP contribution in [0, 0.1) is 0 Å². The molecule has 14 heteroatoms. The second kappa shape index (κ2) is 12.3. The fourth-order valence-electron chi connectivity index (χ4n) is 5.18. The zero-order chi connectivity index (χ0) is 29.0. The van der Waals surface area contributed by atoms with Gasteiger partial charge in [-0.15, -0.1) is 11.3 Å². The fraction of sp³-hybridized carbons (Fsp3) is 0.462. The quantitative estimate of drug-likeness (QED) is 0.323. The Morgan fingerprint density at radius 3 is 1.85 bits per heavy atom. The standard InChI is InChI=1S/C26H31N5O8S/c1-29-9-3-5-17(29)23(34)27-15-11-18(25(36)37)30(13-15)21(32)7-2-8-22(33)31-14-16(12-19(31)26(38)39)28-24(35)20-6-4-10-40-20/h3-6,9-10,15-16,18-19H,2,7-8,11-14H2,1H3,(H,27,34)(H,28,35)(H,36,37)(H,38,39)/p-2/t15-,16-,18-,19-/m0/s1. The number of nitrogens with zero attached hydrogens (tertiary/aromatic N) is 3. The summed E-state index contributed by atoms with van der Waals surface area (Å²) >= 11 is 1.24. The maximum absolute atomic E-state index is 12.9. The Morgan fingerprint density at radius 2 is 1.40 bits per heavy atom. The van der Waals surface area contributed by atoms with Gasteiger partial charge in [-0.3, -0.25) is 19.2 Å². The predicted octanol–water partition coefficient (Wildman–Crippen LogP) is -2.14. The van der Waals surface area contributed by atoms with Crippen LogP contribution >= 0.6 is 11.3 Å². The van der Waals surface area contributed by atoms with Crippen molar-refractivity contribution in [1.29, 1.82) is 0 Å². The van der Waals surface area contributed by atoms with E-state index in [1.165, 1.54) is 11.3 Å². The summed E-state index contributed by atoms with van der Waals surface area (Å²) < 4.78 is 1.62. The van der Waals surface area contributed by atoms with Crippen LogP contribution in [0.25, 0.3) is 0 Å². The lowest BCUT2D eigenvalue weighted by Crippen LogP contribution is -2.47. The number of thiophene rings is 1. The number of aromatic nitrogens is 1. The Labute approximate surface area is 233 Å². The second-order valence-electron chi connectivity index (χ2n) is 9.91. The minimum absolute atomic E-state index is 0.00105. The molecule has 4 heterocycles. The molecule has 2 aromatic heterocycles. The third kappa shape index (κ3) is 6.50. The molecule has 0 spiro atoms. The maximum Gasteiger partial charge on any atom is 0.268 e. The first kappa shape index (κ1) is 28.8. The van der Waals surface area contributed by atoms with Gasteiger partial charge in [-0.2, -0.15) is 0 Å². The van der Waals surface area contributed by atoms with Crippen LogP contribution in [0.5, 0.6) is 0 Å². The van der Waals surface area contributed by atoms with Crippen molar-refractivity contribution in [3.63, 3.8) is 0 Å². The van der Waals surface area contributed by atoms with E-state index < -0.39 is 53.8 Å². The highest BCUT2D eigenvalue weighted by atomic mass is 32.1. The fourth-order valence-corrected chi connectivity index (χ4v) is 5.80. The number of carbonyl (C=O) groups excluding carboxylic acids is 6. The number of hydrogen-bond acceptors (Lipinski definition) is 9. The summed E-state index contributed by atoms with van der Waals surface area (Å²) in [6, 6.07) is 3.06. The number of hydrogen-bond donors (Lipinski definition) is 2. The average molecular weight is 572 g/mol. The number of nitrogens with one attached hydrogen (secondary N) is 2. The molecule has 214 valence electrons. The first-order chi connectivity index (χ1) is 19.0. The molecule has 2 aliphatic rings. The van der Waals surface area contributed by atoms with Gasteiger partial charge in [0.15, 0.2) is 0 Å². The molecule has 2 saturated heterocycles. The van der Waals surface area contributed by atoms with Gasteiger partial charge in [0.1, 0.15) is 5.69 Å². The first-order valence-corrected chi connectivity index (χ1v) is 13.7. The van der Waals surface area contributed by atoms with Gasteiger partial charge in [0.05, 0.1) is 28.9 Å². The summed E-state index contributed by atoms with van der Waals surface area (Å²) in [6.07, 6.45) is 1.43. The van der Waals surface area contributed by atoms with E-state index in [0.29, 0.717) is 10.6 Å². The van der Waals surface area contributed by atoms with E-state index in [1.54, 1.807) is 47.5 Å². The molecule has 40 heavy (non-hydrogen) atoms. The number of carboxylic acid groups (broad SMARTS) is 2. The van der Waals surface area contributed by atoms with Gasteiger partial charge in [0, 0.05) is 51.3 Å². The number of aryl methyl sites for hydroxylation is 1. The molecule has 4 amide bonds. The number of carbonyl (C=O) groups is 6. The Bertz CT molecular complexity index is 1290. The monoisotopic (exact) mass is 571 g/mol. The maximum atomic E-state index is 12.9. The molecule has 0 aromatic carbocycles. The van der Waals surface area contributed by atoms with Gasteiger partial charge in [-0.05, 0) is 42.8 Å². The van der Waals surface area contributed by atoms with Gasteiger partial charge < -0.3 is 44.8 Å². The first-order valence-electron chi connectivity index (χ1n) is 12.8. The molecule has 2 N–H and O–H groups in total. The Balaban J connectivity index is 1.29. The van der Waals surface area contributed by atoms with Crippen molar-refractivity contribution in [2.24, 2.45) is 7.05 Å². The van der Waals surface area contributed by atoms with E-state index in [4.69, 9.17) is 0 Å². The molecule has 0 aliphatic carbocycles. The Morgan fingerprint density at radius 1 is 0.850 bits per heavy atom. The van der Waals surface area contributed by atoms with Crippen molar-refractivity contribution in [1.82, 2.24) is 25.0 Å². The average Bonchev–Trinajstić information content (AvgIpc) is 3.69. The Hall–Kier alpha value is -4.20. The summed E-state index contributed by atoms with van der Waals surface area (Å²) in [4.78, 5) is 76.7. The van der Waals surface area contributed by atoms with E-state index in [0.717, 1.165) is 9.80 Å². The summed E-state index contributed by atoms with van der Waals surface area (Å²) in [5, 5.41) is 30.6. The predicted molar refractivity (Wildman–Crippen MR) is 136 cm³/mol. The minimum Gasteiger partial charge on any atom is -0.548 e. The number of likely N-dealkylation sites (tertiary alicyclic amines) is 2. The highest BCUT2D eigenvalue weighted by Crippen LogP contribution is 2.23. The van der Waals surface area contributed by atoms with Crippen molar-refractivity contribution in [2.75, 3.05) is 13.1 Å². The molecule has 4 rings (SSSR count). The highest BCUT2D eigenvalue weighted by Gasteiger charge is 2.38. The molecule has 0 radical (unpaired) electrons. The molecule has 2 aromatic rings. The summed E-state index contributed by atoms with van der Waals surface area (Å²) in [7, 11) is 1.70. The lowest BCUT2D eigenvalue weighted by Gasteiger charge is -2.26. The van der Waals surface area contributed by atoms with Crippen LogP contribution in [0.4, 0.5) is 0 Å². The summed E-state index contributed by atoms with van der Waals surface area (Å²) in [5.41, 5.74) is 0.387. The normalized spacial score (nSPS) is 22.2. The molecule has 0 unspecified atom stereocenters. The molecule has 0 saturated carbocycles. The van der Waals surface area contributed by atoms with Crippen LogP contribution in [0.1, 0.15) is 52.3 Å². The molecular weight excluding hydrogens is 542 g/mol. The molecule has 2 fully saturated rings. The molecule has 0 bridgehead atoms. The van der Waals surface area contributed by atoms with Crippen LogP contribution in [0.2, 0.25) is 0 Å². The van der Waals surface area contributed by atoms with Gasteiger partial charge in [0.2, 0.25) is 11.8 Å². The van der Waals surface area contributed by atoms with Crippen molar-refractivity contribution in [2.45, 2.75) is 56.3 Å². The van der Waals surface area contributed by atoms with Gasteiger partial charge >= 0.3 is 0 Å². The zero-order valence-corrected chi connectivity index (χ0v) is 22.6. The van der Waals surface area contributed by atoms with Crippen LogP contribution in [-0.4, -0.2) is 87.2 Å². The van der Waals surface area contributed by atoms with Crippen LogP contribution in [0.15, 0.2) is 35.8 Å². The number of amides is 4. The van der Waals surface area contributed by atoms with E-state index in [9.17, 15) is 39.0 Å². The van der Waals surface area contributed by atoms with E-state index in [-0.39, 0.29) is 51.1 Å². The number of aliphatic carboxylic acids is 2. The van der Waals surface area contributed by atoms with Crippen molar-refractivity contribution in [3.8, 4) is 0 Å². The van der Waals surface area contributed by atoms with Crippen molar-refractivity contribution in [3.05, 3.63) is 46.4 Å². The minimum atomic E-state index is -1.44. The van der Waals surface area contributed by atoms with Crippen LogP contribution in [-0.2, 0) is 26.2 Å². The van der Waals surface area contributed by atoms with Gasteiger partial charge in [-0.1, -0.05) is 6.07 Å². The van der Waals surface area contributed by atoms with Crippen molar-refractivity contribution < 1.29 is 39.0 Å². The third-order valence-corrected chi connectivity index (χ3v) is 8.03. The molecule has 4 atom stereocenters. The number of rotatable bonds is 10. The number of carboxylic acids is 2. The van der Waals surface area contributed by atoms with Gasteiger partial charge in [0.25, 0.3) is 11.8 Å². The topological polar surface area (TPSA) is 184 Å². The second-order valence-corrected chi connectivity index (χ2v) is 10.9. The van der Waals surface area contributed by atoms with Crippen LogP contribution < -0.4 is 20.8 Å². The van der Waals surface area contributed by atoms with E-state index >= 15 is 0 Å². The molecular formula is C26H29N5O8S-2. The largest absolute Gasteiger partial charge is 0.548 e. The molecule has 2 aliphatic heterocycles. The zero-order valence-electron chi connectivity index (χ0n) is 21.7. The summed E-state index contributed by atoms with van der Waals surface area (Å²) in [5.74, 6) is -4.66. The third-order valence-electron chi connectivity index (χ3n) is 7.16. The van der Waals surface area contributed by atoms with E-state index in [1.807, 2.05) is 0 Å². The smallest absolute Gasteiger partial charge is 0.268 e.